The second kappa shape index (κ2) is 8.34. The minimum Gasteiger partial charge on any atom is -0.355 e. The van der Waals surface area contributed by atoms with Crippen LogP contribution in [0.4, 0.5) is 0 Å². The fourth-order valence-corrected chi connectivity index (χ4v) is 2.47. The van der Waals surface area contributed by atoms with Crippen LogP contribution in [0.15, 0.2) is 0 Å². The van der Waals surface area contributed by atoms with Crippen LogP contribution in [-0.4, -0.2) is 74.0 Å². The lowest BCUT2D eigenvalue weighted by Gasteiger charge is -2.33. The highest BCUT2D eigenvalue weighted by Gasteiger charge is 2.23. The predicted octanol–water partition coefficient (Wildman–Crippen LogP) is -0.344. The standard InChI is InChI=1S/C15H28N4O2/c1-2-5-16-14(20)11-18-6-8-19(9-7-18)12-15(21)17-10-13-3-4-13/h13H,2-12H2,1H3,(H,16,20)(H,17,21). The molecule has 0 spiro atoms. The largest absolute Gasteiger partial charge is 0.355 e. The number of amides is 2. The van der Waals surface area contributed by atoms with E-state index < -0.39 is 0 Å². The summed E-state index contributed by atoms with van der Waals surface area (Å²) in [5.74, 6) is 0.968. The quantitative estimate of drug-likeness (QED) is 0.643. The first-order valence-corrected chi connectivity index (χ1v) is 8.15. The highest BCUT2D eigenvalue weighted by atomic mass is 16.2. The summed E-state index contributed by atoms with van der Waals surface area (Å²) in [5, 5.41) is 5.90. The molecule has 6 heteroatoms. The maximum atomic E-state index is 11.8. The molecule has 1 aliphatic heterocycles. The first kappa shape index (κ1) is 16.2. The van der Waals surface area contributed by atoms with Gasteiger partial charge in [0.25, 0.3) is 0 Å². The van der Waals surface area contributed by atoms with Crippen molar-refractivity contribution in [2.45, 2.75) is 26.2 Å². The molecule has 6 nitrogen and oxygen atoms in total. The van der Waals surface area contributed by atoms with Crippen molar-refractivity contribution in [1.29, 1.82) is 0 Å². The lowest BCUT2D eigenvalue weighted by atomic mass is 10.3. The lowest BCUT2D eigenvalue weighted by molar-refractivity contribution is -0.125. The molecule has 0 atom stereocenters. The topological polar surface area (TPSA) is 64.7 Å². The summed E-state index contributed by atoms with van der Waals surface area (Å²) in [7, 11) is 0. The highest BCUT2D eigenvalue weighted by Crippen LogP contribution is 2.27. The van der Waals surface area contributed by atoms with Crippen LogP contribution < -0.4 is 10.6 Å². The minimum atomic E-state index is 0.104. The van der Waals surface area contributed by atoms with Crippen molar-refractivity contribution in [3.63, 3.8) is 0 Å². The Kier molecular flexibility index (Phi) is 6.45. The summed E-state index contributed by atoms with van der Waals surface area (Å²) in [6.07, 6.45) is 3.49. The molecule has 2 aliphatic rings. The number of carbonyl (C=O) groups is 2. The van der Waals surface area contributed by atoms with Gasteiger partial charge in [0, 0.05) is 39.3 Å². The molecule has 2 amide bonds. The molecule has 1 saturated heterocycles. The molecule has 0 radical (unpaired) electrons. The average molecular weight is 296 g/mol. The lowest BCUT2D eigenvalue weighted by Crippen LogP contribution is -2.51. The Morgan fingerprint density at radius 1 is 0.952 bits per heavy atom. The van der Waals surface area contributed by atoms with Crippen molar-refractivity contribution < 1.29 is 9.59 Å². The predicted molar refractivity (Wildman–Crippen MR) is 81.9 cm³/mol. The Hall–Kier alpha value is -1.14. The molecule has 2 fully saturated rings. The molecule has 2 rings (SSSR count). The molecule has 1 heterocycles. The van der Waals surface area contributed by atoms with Gasteiger partial charge in [-0.05, 0) is 25.2 Å². The second-order valence-corrected chi connectivity index (χ2v) is 6.15. The van der Waals surface area contributed by atoms with E-state index in [1.54, 1.807) is 0 Å². The smallest absolute Gasteiger partial charge is 0.234 e. The van der Waals surface area contributed by atoms with Crippen molar-refractivity contribution >= 4 is 11.8 Å². The molecule has 21 heavy (non-hydrogen) atoms. The Balaban J connectivity index is 1.56. The fraction of sp³-hybridized carbons (Fsp3) is 0.867. The van der Waals surface area contributed by atoms with Gasteiger partial charge >= 0.3 is 0 Å². The third-order valence-electron chi connectivity index (χ3n) is 4.06. The van der Waals surface area contributed by atoms with Crippen LogP contribution in [-0.2, 0) is 9.59 Å². The number of hydrogen-bond acceptors (Lipinski definition) is 4. The molecule has 0 aromatic heterocycles. The van der Waals surface area contributed by atoms with Crippen LogP contribution >= 0.6 is 0 Å². The van der Waals surface area contributed by atoms with Gasteiger partial charge in [-0.25, -0.2) is 0 Å². The summed E-state index contributed by atoms with van der Waals surface area (Å²) < 4.78 is 0. The van der Waals surface area contributed by atoms with Crippen molar-refractivity contribution in [3.05, 3.63) is 0 Å². The first-order chi connectivity index (χ1) is 10.2. The zero-order chi connectivity index (χ0) is 15.1. The van der Waals surface area contributed by atoms with Gasteiger partial charge in [-0.1, -0.05) is 6.92 Å². The Morgan fingerprint density at radius 2 is 1.48 bits per heavy atom. The summed E-state index contributed by atoms with van der Waals surface area (Å²) in [6, 6.07) is 0. The zero-order valence-electron chi connectivity index (χ0n) is 13.1. The van der Waals surface area contributed by atoms with Gasteiger partial charge < -0.3 is 10.6 Å². The second-order valence-electron chi connectivity index (χ2n) is 6.15. The molecule has 1 saturated carbocycles. The number of piperazine rings is 1. The van der Waals surface area contributed by atoms with Gasteiger partial charge in [-0.2, -0.15) is 0 Å². The number of rotatable bonds is 8. The van der Waals surface area contributed by atoms with E-state index in [-0.39, 0.29) is 11.8 Å². The van der Waals surface area contributed by atoms with Gasteiger partial charge in [0.15, 0.2) is 0 Å². The van der Waals surface area contributed by atoms with E-state index in [0.717, 1.165) is 51.6 Å². The Morgan fingerprint density at radius 3 is 1.95 bits per heavy atom. The van der Waals surface area contributed by atoms with Crippen LogP contribution in [0, 0.1) is 5.92 Å². The molecule has 0 aromatic carbocycles. The van der Waals surface area contributed by atoms with Gasteiger partial charge in [0.2, 0.25) is 11.8 Å². The monoisotopic (exact) mass is 296 g/mol. The van der Waals surface area contributed by atoms with Crippen molar-refractivity contribution in [1.82, 2.24) is 20.4 Å². The molecular formula is C15H28N4O2. The number of hydrogen-bond donors (Lipinski definition) is 2. The van der Waals surface area contributed by atoms with E-state index in [1.807, 2.05) is 6.92 Å². The van der Waals surface area contributed by atoms with Gasteiger partial charge in [0.1, 0.15) is 0 Å². The number of carbonyl (C=O) groups excluding carboxylic acids is 2. The van der Waals surface area contributed by atoms with Gasteiger partial charge in [-0.3, -0.25) is 19.4 Å². The summed E-state index contributed by atoms with van der Waals surface area (Å²) in [5.41, 5.74) is 0. The van der Waals surface area contributed by atoms with Gasteiger partial charge in [-0.15, -0.1) is 0 Å². The highest BCUT2D eigenvalue weighted by molar-refractivity contribution is 5.78. The maximum Gasteiger partial charge on any atom is 0.234 e. The van der Waals surface area contributed by atoms with E-state index >= 15 is 0 Å². The summed E-state index contributed by atoms with van der Waals surface area (Å²) in [6.45, 7) is 8.04. The summed E-state index contributed by atoms with van der Waals surface area (Å²) >= 11 is 0. The SMILES string of the molecule is CCCNC(=O)CN1CCN(CC(=O)NCC2CC2)CC1. The average Bonchev–Trinajstić information content (AvgIpc) is 3.29. The molecular weight excluding hydrogens is 268 g/mol. The van der Waals surface area contributed by atoms with Crippen LogP contribution in [0.5, 0.6) is 0 Å². The molecule has 0 unspecified atom stereocenters. The maximum absolute atomic E-state index is 11.8. The molecule has 1 aliphatic carbocycles. The van der Waals surface area contributed by atoms with E-state index in [9.17, 15) is 9.59 Å². The Bertz CT molecular complexity index is 350. The first-order valence-electron chi connectivity index (χ1n) is 8.15. The van der Waals surface area contributed by atoms with Crippen molar-refractivity contribution in [2.75, 3.05) is 52.4 Å². The van der Waals surface area contributed by atoms with E-state index in [2.05, 4.69) is 20.4 Å². The molecule has 0 bridgehead atoms. The Labute approximate surface area is 127 Å². The zero-order valence-corrected chi connectivity index (χ0v) is 13.1. The van der Waals surface area contributed by atoms with E-state index in [1.165, 1.54) is 12.8 Å². The van der Waals surface area contributed by atoms with Crippen molar-refractivity contribution in [3.8, 4) is 0 Å². The molecule has 2 N–H and O–H groups in total. The third kappa shape index (κ3) is 6.44. The third-order valence-corrected chi connectivity index (χ3v) is 4.06. The molecule has 0 aromatic rings. The normalized spacial score (nSPS) is 20.2. The number of nitrogens with zero attached hydrogens (tertiary/aromatic N) is 2. The molecule has 120 valence electrons. The van der Waals surface area contributed by atoms with Crippen LogP contribution in [0.2, 0.25) is 0 Å². The van der Waals surface area contributed by atoms with Crippen LogP contribution in [0.25, 0.3) is 0 Å². The fourth-order valence-electron chi connectivity index (χ4n) is 2.47. The van der Waals surface area contributed by atoms with Crippen LogP contribution in [0.3, 0.4) is 0 Å². The van der Waals surface area contributed by atoms with Crippen LogP contribution in [0.1, 0.15) is 26.2 Å². The minimum absolute atomic E-state index is 0.104. The summed E-state index contributed by atoms with van der Waals surface area (Å²) in [4.78, 5) is 27.8. The van der Waals surface area contributed by atoms with Crippen molar-refractivity contribution in [2.24, 2.45) is 5.92 Å². The number of nitrogens with one attached hydrogen (secondary N) is 2. The van der Waals surface area contributed by atoms with E-state index in [4.69, 9.17) is 0 Å². The van der Waals surface area contributed by atoms with E-state index in [0.29, 0.717) is 13.1 Å². The van der Waals surface area contributed by atoms with Gasteiger partial charge in [0.05, 0.1) is 13.1 Å².